The maximum Gasteiger partial charge on any atom is 0.281 e. The molecule has 0 saturated carbocycles. The standard InChI is InChI=1S/C13H17ClN4O/c1-3-7-18(8-6-16-13(15)19-2)10-11-4-5-12(14)17-9-11/h1,4-5,9H,6-8,10H2,2H3,(H2,15,16). The highest BCUT2D eigenvalue weighted by atomic mass is 35.5. The molecule has 102 valence electrons. The third-order valence-electron chi connectivity index (χ3n) is 2.40. The number of terminal acetylenes is 1. The van der Waals surface area contributed by atoms with Crippen molar-refractivity contribution in [2.75, 3.05) is 26.7 Å². The number of pyridine rings is 1. The highest BCUT2D eigenvalue weighted by Gasteiger charge is 2.05. The Morgan fingerprint density at radius 2 is 2.42 bits per heavy atom. The number of aromatic nitrogens is 1. The average Bonchev–Trinajstić information content (AvgIpc) is 2.41. The van der Waals surface area contributed by atoms with Gasteiger partial charge >= 0.3 is 0 Å². The maximum absolute atomic E-state index is 5.74. The van der Waals surface area contributed by atoms with Crippen molar-refractivity contribution in [2.45, 2.75) is 6.54 Å². The molecule has 0 spiro atoms. The molecule has 1 aromatic heterocycles. The summed E-state index contributed by atoms with van der Waals surface area (Å²) in [5, 5.41) is 0.477. The van der Waals surface area contributed by atoms with Crippen LogP contribution in [-0.4, -0.2) is 42.6 Å². The van der Waals surface area contributed by atoms with Crippen LogP contribution in [0.3, 0.4) is 0 Å². The van der Waals surface area contributed by atoms with Gasteiger partial charge in [-0.2, -0.15) is 0 Å². The van der Waals surface area contributed by atoms with Gasteiger partial charge in [0.25, 0.3) is 6.02 Å². The molecular weight excluding hydrogens is 264 g/mol. The Balaban J connectivity index is 2.53. The van der Waals surface area contributed by atoms with Crippen LogP contribution in [-0.2, 0) is 11.3 Å². The minimum absolute atomic E-state index is 0.175. The van der Waals surface area contributed by atoms with Crippen LogP contribution in [0.1, 0.15) is 5.56 Å². The number of halogens is 1. The second-order valence-corrected chi connectivity index (χ2v) is 4.22. The lowest BCUT2D eigenvalue weighted by Crippen LogP contribution is -2.27. The summed E-state index contributed by atoms with van der Waals surface area (Å²) in [4.78, 5) is 10.1. The lowest BCUT2D eigenvalue weighted by atomic mass is 10.2. The summed E-state index contributed by atoms with van der Waals surface area (Å²) in [7, 11) is 1.48. The van der Waals surface area contributed by atoms with Crippen molar-refractivity contribution in [2.24, 2.45) is 10.7 Å². The summed E-state index contributed by atoms with van der Waals surface area (Å²) < 4.78 is 4.77. The Morgan fingerprint density at radius 3 is 3.00 bits per heavy atom. The monoisotopic (exact) mass is 280 g/mol. The second-order valence-electron chi connectivity index (χ2n) is 3.83. The van der Waals surface area contributed by atoms with Gasteiger partial charge in [0.15, 0.2) is 0 Å². The first-order valence-electron chi connectivity index (χ1n) is 5.76. The lowest BCUT2D eigenvalue weighted by Gasteiger charge is -2.18. The predicted molar refractivity (Wildman–Crippen MR) is 76.9 cm³/mol. The molecular formula is C13H17ClN4O. The number of rotatable bonds is 6. The van der Waals surface area contributed by atoms with Gasteiger partial charge in [-0.1, -0.05) is 23.6 Å². The molecule has 1 aromatic rings. The van der Waals surface area contributed by atoms with Crippen LogP contribution in [0.2, 0.25) is 5.15 Å². The van der Waals surface area contributed by atoms with E-state index in [4.69, 9.17) is 28.5 Å². The largest absolute Gasteiger partial charge is 0.469 e. The van der Waals surface area contributed by atoms with Crippen LogP contribution in [0.4, 0.5) is 0 Å². The topological polar surface area (TPSA) is 63.7 Å². The van der Waals surface area contributed by atoms with Crippen molar-refractivity contribution in [3.63, 3.8) is 0 Å². The van der Waals surface area contributed by atoms with E-state index in [0.29, 0.717) is 31.3 Å². The van der Waals surface area contributed by atoms with Crippen molar-refractivity contribution >= 4 is 17.6 Å². The van der Waals surface area contributed by atoms with E-state index in [-0.39, 0.29) is 6.02 Å². The van der Waals surface area contributed by atoms with Crippen molar-refractivity contribution in [3.05, 3.63) is 29.0 Å². The van der Waals surface area contributed by atoms with Gasteiger partial charge in [0, 0.05) is 19.3 Å². The SMILES string of the molecule is C#CCN(CCN=C(N)OC)Cc1ccc(Cl)nc1. The van der Waals surface area contributed by atoms with E-state index in [1.807, 2.05) is 6.07 Å². The Morgan fingerprint density at radius 1 is 1.63 bits per heavy atom. The molecule has 0 radical (unpaired) electrons. The van der Waals surface area contributed by atoms with Crippen LogP contribution in [0.15, 0.2) is 23.3 Å². The van der Waals surface area contributed by atoms with E-state index >= 15 is 0 Å². The molecule has 6 heteroatoms. The van der Waals surface area contributed by atoms with Gasteiger partial charge in [0.1, 0.15) is 5.15 Å². The number of amidine groups is 1. The molecule has 0 amide bonds. The number of methoxy groups -OCH3 is 1. The van der Waals surface area contributed by atoms with Gasteiger partial charge < -0.3 is 10.5 Å². The summed E-state index contributed by atoms with van der Waals surface area (Å²) >= 11 is 5.74. The normalized spacial score (nSPS) is 11.4. The molecule has 0 aliphatic carbocycles. The van der Waals surface area contributed by atoms with Crippen LogP contribution in [0.25, 0.3) is 0 Å². The number of ether oxygens (including phenoxy) is 1. The van der Waals surface area contributed by atoms with Gasteiger partial charge in [-0.3, -0.25) is 4.90 Å². The minimum Gasteiger partial charge on any atom is -0.469 e. The second kappa shape index (κ2) is 8.35. The molecule has 0 aromatic carbocycles. The van der Waals surface area contributed by atoms with Gasteiger partial charge in [-0.25, -0.2) is 9.98 Å². The fourth-order valence-corrected chi connectivity index (χ4v) is 1.58. The highest BCUT2D eigenvalue weighted by Crippen LogP contribution is 2.07. The zero-order chi connectivity index (χ0) is 14.1. The zero-order valence-electron chi connectivity index (χ0n) is 10.8. The molecule has 0 fully saturated rings. The Bertz CT molecular complexity index is 453. The Hall–Kier alpha value is -1.77. The number of aliphatic imine (C=N–C) groups is 1. The summed E-state index contributed by atoms with van der Waals surface area (Å²) in [6.45, 7) is 2.45. The van der Waals surface area contributed by atoms with E-state index in [2.05, 4.69) is 20.8 Å². The van der Waals surface area contributed by atoms with Crippen LogP contribution in [0.5, 0.6) is 0 Å². The molecule has 0 bridgehead atoms. The third kappa shape index (κ3) is 6.09. The van der Waals surface area contributed by atoms with Crippen molar-refractivity contribution in [1.82, 2.24) is 9.88 Å². The first-order valence-corrected chi connectivity index (χ1v) is 6.13. The highest BCUT2D eigenvalue weighted by molar-refractivity contribution is 6.29. The van der Waals surface area contributed by atoms with Crippen molar-refractivity contribution in [1.29, 1.82) is 0 Å². The Kier molecular flexibility index (Phi) is 6.72. The van der Waals surface area contributed by atoms with Crippen LogP contribution >= 0.6 is 11.6 Å². The van der Waals surface area contributed by atoms with Gasteiger partial charge in [-0.05, 0) is 11.6 Å². The predicted octanol–water partition coefficient (Wildman–Crippen LogP) is 1.13. The molecule has 0 aliphatic heterocycles. The smallest absolute Gasteiger partial charge is 0.281 e. The zero-order valence-corrected chi connectivity index (χ0v) is 11.6. The van der Waals surface area contributed by atoms with Crippen molar-refractivity contribution < 1.29 is 4.74 Å². The number of nitrogens with two attached hydrogens (primary N) is 1. The van der Waals surface area contributed by atoms with E-state index < -0.39 is 0 Å². The molecule has 2 N–H and O–H groups in total. The summed E-state index contributed by atoms with van der Waals surface area (Å²) in [6, 6.07) is 3.85. The fraction of sp³-hybridized carbons (Fsp3) is 0.385. The summed E-state index contributed by atoms with van der Waals surface area (Å²) in [5.41, 5.74) is 6.49. The number of hydrogen-bond donors (Lipinski definition) is 1. The van der Waals surface area contributed by atoms with E-state index in [1.54, 1.807) is 12.3 Å². The molecule has 1 rings (SSSR count). The van der Waals surface area contributed by atoms with Crippen molar-refractivity contribution in [3.8, 4) is 12.3 Å². The minimum atomic E-state index is 0.175. The number of hydrogen-bond acceptors (Lipinski definition) is 4. The van der Waals surface area contributed by atoms with Crippen LogP contribution < -0.4 is 5.73 Å². The maximum atomic E-state index is 5.74. The lowest BCUT2D eigenvalue weighted by molar-refractivity contribution is 0.305. The first-order chi connectivity index (χ1) is 9.15. The average molecular weight is 281 g/mol. The van der Waals surface area contributed by atoms with E-state index in [1.165, 1.54) is 7.11 Å². The van der Waals surface area contributed by atoms with Gasteiger partial charge in [0.05, 0.1) is 20.2 Å². The molecule has 5 nitrogen and oxygen atoms in total. The molecule has 1 heterocycles. The first kappa shape index (κ1) is 15.3. The molecule has 0 atom stereocenters. The summed E-state index contributed by atoms with van der Waals surface area (Å²) in [6.07, 6.45) is 7.09. The third-order valence-corrected chi connectivity index (χ3v) is 2.63. The number of nitrogens with zero attached hydrogens (tertiary/aromatic N) is 3. The van der Waals surface area contributed by atoms with Crippen LogP contribution in [0, 0.1) is 12.3 Å². The van der Waals surface area contributed by atoms with Gasteiger partial charge in [-0.15, -0.1) is 6.42 Å². The Labute approximate surface area is 118 Å². The molecule has 19 heavy (non-hydrogen) atoms. The fourth-order valence-electron chi connectivity index (χ4n) is 1.47. The molecule has 0 aliphatic rings. The van der Waals surface area contributed by atoms with Gasteiger partial charge in [0.2, 0.25) is 0 Å². The quantitative estimate of drug-likeness (QED) is 0.367. The molecule has 0 saturated heterocycles. The van der Waals surface area contributed by atoms with E-state index in [9.17, 15) is 0 Å². The van der Waals surface area contributed by atoms with E-state index in [0.717, 1.165) is 5.56 Å². The summed E-state index contributed by atoms with van der Waals surface area (Å²) in [5.74, 6) is 2.62. The molecule has 0 unspecified atom stereocenters.